The first-order chi connectivity index (χ1) is 14.2. The summed E-state index contributed by atoms with van der Waals surface area (Å²) in [6.07, 6.45) is 6.18. The molecule has 1 N–H and O–H groups in total. The lowest BCUT2D eigenvalue weighted by Gasteiger charge is -2.07. The number of rotatable bonds is 7. The van der Waals surface area contributed by atoms with Gasteiger partial charge in [0.05, 0.1) is 29.1 Å². The van der Waals surface area contributed by atoms with Gasteiger partial charge in [0.15, 0.2) is 0 Å². The minimum absolute atomic E-state index is 0.0968. The summed E-state index contributed by atoms with van der Waals surface area (Å²) in [4.78, 5) is 28.9. The van der Waals surface area contributed by atoms with Crippen LogP contribution in [-0.2, 0) is 17.8 Å². The molecule has 0 radical (unpaired) electrons. The SMILES string of the molecule is O=C(CCn1cnc2ccccc2c1=O)NCCc1cnn(-c2ccccc2)c1. The van der Waals surface area contributed by atoms with E-state index in [1.54, 1.807) is 18.3 Å². The van der Waals surface area contributed by atoms with Crippen molar-refractivity contribution in [3.8, 4) is 5.69 Å². The zero-order chi connectivity index (χ0) is 20.1. The van der Waals surface area contributed by atoms with Crippen molar-refractivity contribution in [2.45, 2.75) is 19.4 Å². The van der Waals surface area contributed by atoms with E-state index in [0.717, 1.165) is 11.3 Å². The molecule has 7 nitrogen and oxygen atoms in total. The second-order valence-corrected chi connectivity index (χ2v) is 6.74. The average Bonchev–Trinajstić information content (AvgIpc) is 3.23. The highest BCUT2D eigenvalue weighted by Gasteiger charge is 2.07. The minimum atomic E-state index is -0.128. The van der Waals surface area contributed by atoms with Crippen molar-refractivity contribution in [3.63, 3.8) is 0 Å². The molecule has 0 bridgehead atoms. The number of fused-ring (bicyclic) bond motifs is 1. The topological polar surface area (TPSA) is 81.8 Å². The van der Waals surface area contributed by atoms with E-state index in [9.17, 15) is 9.59 Å². The van der Waals surface area contributed by atoms with Crippen LogP contribution in [0.2, 0.25) is 0 Å². The van der Waals surface area contributed by atoms with Crippen LogP contribution in [0.4, 0.5) is 0 Å². The van der Waals surface area contributed by atoms with Crippen LogP contribution in [0, 0.1) is 0 Å². The predicted octanol–water partition coefficient (Wildman–Crippen LogP) is 2.33. The third-order valence-electron chi connectivity index (χ3n) is 4.70. The van der Waals surface area contributed by atoms with Gasteiger partial charge in [-0.15, -0.1) is 0 Å². The summed E-state index contributed by atoms with van der Waals surface area (Å²) < 4.78 is 3.29. The Balaban J connectivity index is 1.27. The fourth-order valence-corrected chi connectivity index (χ4v) is 3.13. The van der Waals surface area contributed by atoms with E-state index in [1.807, 2.05) is 53.3 Å². The molecule has 0 atom stereocenters. The molecule has 4 rings (SSSR count). The third kappa shape index (κ3) is 4.40. The second-order valence-electron chi connectivity index (χ2n) is 6.74. The van der Waals surface area contributed by atoms with Crippen LogP contribution < -0.4 is 10.9 Å². The standard InChI is InChI=1S/C22H21N5O2/c28-21(11-13-26-16-24-20-9-5-4-8-19(20)22(26)29)23-12-10-17-14-25-27(15-17)18-6-2-1-3-7-18/h1-9,14-16H,10-13H2,(H,23,28). The molecule has 2 aromatic heterocycles. The molecule has 0 saturated heterocycles. The third-order valence-corrected chi connectivity index (χ3v) is 4.70. The van der Waals surface area contributed by atoms with Crippen LogP contribution >= 0.6 is 0 Å². The zero-order valence-electron chi connectivity index (χ0n) is 15.9. The Bertz CT molecular complexity index is 1180. The van der Waals surface area contributed by atoms with Gasteiger partial charge in [-0.1, -0.05) is 30.3 Å². The monoisotopic (exact) mass is 387 g/mol. The van der Waals surface area contributed by atoms with Crippen molar-refractivity contribution in [1.82, 2.24) is 24.6 Å². The molecule has 4 aromatic rings. The highest BCUT2D eigenvalue weighted by Crippen LogP contribution is 2.08. The smallest absolute Gasteiger partial charge is 0.261 e. The maximum atomic E-state index is 12.4. The van der Waals surface area contributed by atoms with Crippen molar-refractivity contribution in [2.24, 2.45) is 0 Å². The Morgan fingerprint density at radius 1 is 1.03 bits per heavy atom. The molecular formula is C22H21N5O2. The summed E-state index contributed by atoms with van der Waals surface area (Å²) in [6.45, 7) is 0.818. The van der Waals surface area contributed by atoms with Crippen molar-refractivity contribution in [2.75, 3.05) is 6.54 Å². The van der Waals surface area contributed by atoms with E-state index in [2.05, 4.69) is 15.4 Å². The van der Waals surface area contributed by atoms with E-state index in [4.69, 9.17) is 0 Å². The zero-order valence-corrected chi connectivity index (χ0v) is 15.9. The molecule has 2 heterocycles. The number of aromatic nitrogens is 4. The molecule has 146 valence electrons. The first-order valence-corrected chi connectivity index (χ1v) is 9.50. The number of hydrogen-bond acceptors (Lipinski definition) is 4. The lowest BCUT2D eigenvalue weighted by molar-refractivity contribution is -0.121. The fourth-order valence-electron chi connectivity index (χ4n) is 3.13. The van der Waals surface area contributed by atoms with Crippen molar-refractivity contribution in [1.29, 1.82) is 0 Å². The van der Waals surface area contributed by atoms with Gasteiger partial charge in [-0.05, 0) is 36.2 Å². The van der Waals surface area contributed by atoms with E-state index < -0.39 is 0 Å². The quantitative estimate of drug-likeness (QED) is 0.528. The van der Waals surface area contributed by atoms with E-state index in [0.29, 0.717) is 30.4 Å². The first-order valence-electron chi connectivity index (χ1n) is 9.50. The van der Waals surface area contributed by atoms with Gasteiger partial charge in [0.25, 0.3) is 5.56 Å². The van der Waals surface area contributed by atoms with Crippen LogP contribution in [0.25, 0.3) is 16.6 Å². The van der Waals surface area contributed by atoms with Crippen LogP contribution in [0.1, 0.15) is 12.0 Å². The summed E-state index contributed by atoms with van der Waals surface area (Å²) in [5, 5.41) is 7.81. The Morgan fingerprint density at radius 2 is 1.83 bits per heavy atom. The lowest BCUT2D eigenvalue weighted by atomic mass is 10.2. The number of aryl methyl sites for hydroxylation is 1. The number of benzene rings is 2. The van der Waals surface area contributed by atoms with E-state index in [-0.39, 0.29) is 17.9 Å². The number of carbonyl (C=O) groups is 1. The highest BCUT2D eigenvalue weighted by atomic mass is 16.1. The van der Waals surface area contributed by atoms with Gasteiger partial charge >= 0.3 is 0 Å². The number of para-hydroxylation sites is 2. The van der Waals surface area contributed by atoms with E-state index >= 15 is 0 Å². The highest BCUT2D eigenvalue weighted by molar-refractivity contribution is 5.77. The van der Waals surface area contributed by atoms with Crippen molar-refractivity contribution >= 4 is 16.8 Å². The molecule has 7 heteroatoms. The van der Waals surface area contributed by atoms with Crippen molar-refractivity contribution < 1.29 is 4.79 Å². The maximum Gasteiger partial charge on any atom is 0.261 e. The maximum absolute atomic E-state index is 12.4. The van der Waals surface area contributed by atoms with Crippen LogP contribution in [-0.4, -0.2) is 31.8 Å². The summed E-state index contributed by atoms with van der Waals surface area (Å²) in [5.74, 6) is -0.0968. The number of nitrogens with one attached hydrogen (secondary N) is 1. The largest absolute Gasteiger partial charge is 0.356 e. The van der Waals surface area contributed by atoms with Crippen LogP contribution in [0.5, 0.6) is 0 Å². The molecule has 0 aliphatic heterocycles. The fraction of sp³-hybridized carbons (Fsp3) is 0.182. The van der Waals surface area contributed by atoms with Gasteiger partial charge in [-0.3, -0.25) is 14.2 Å². The molecule has 2 aromatic carbocycles. The molecule has 0 saturated carbocycles. The molecule has 1 amide bonds. The van der Waals surface area contributed by atoms with Gasteiger partial charge in [0.1, 0.15) is 0 Å². The van der Waals surface area contributed by atoms with Gasteiger partial charge < -0.3 is 5.32 Å². The number of nitrogens with zero attached hydrogens (tertiary/aromatic N) is 4. The Kier molecular flexibility index (Phi) is 5.47. The Hall–Kier alpha value is -3.74. The molecular weight excluding hydrogens is 366 g/mol. The normalized spacial score (nSPS) is 10.9. The average molecular weight is 387 g/mol. The summed E-state index contributed by atoms with van der Waals surface area (Å²) in [6, 6.07) is 17.1. The van der Waals surface area contributed by atoms with Gasteiger partial charge in [0, 0.05) is 25.7 Å². The molecule has 0 unspecified atom stereocenters. The first kappa shape index (κ1) is 18.6. The minimum Gasteiger partial charge on any atom is -0.356 e. The molecule has 0 aliphatic rings. The summed E-state index contributed by atoms with van der Waals surface area (Å²) >= 11 is 0. The second kappa shape index (κ2) is 8.52. The Labute approximate surface area is 167 Å². The molecule has 0 fully saturated rings. The summed E-state index contributed by atoms with van der Waals surface area (Å²) in [5.41, 5.74) is 2.58. The Morgan fingerprint density at radius 3 is 2.69 bits per heavy atom. The van der Waals surface area contributed by atoms with E-state index in [1.165, 1.54) is 10.9 Å². The van der Waals surface area contributed by atoms with Gasteiger partial charge in [0.2, 0.25) is 5.91 Å². The van der Waals surface area contributed by atoms with Gasteiger partial charge in [-0.25, -0.2) is 9.67 Å². The van der Waals surface area contributed by atoms with Crippen LogP contribution in [0.15, 0.2) is 78.1 Å². The lowest BCUT2D eigenvalue weighted by Crippen LogP contribution is -2.29. The van der Waals surface area contributed by atoms with Crippen LogP contribution in [0.3, 0.4) is 0 Å². The number of hydrogen-bond donors (Lipinski definition) is 1. The molecule has 0 aliphatic carbocycles. The predicted molar refractivity (Wildman–Crippen MR) is 111 cm³/mol. The van der Waals surface area contributed by atoms with Crippen molar-refractivity contribution in [3.05, 3.63) is 89.2 Å². The number of carbonyl (C=O) groups excluding carboxylic acids is 1. The summed E-state index contributed by atoms with van der Waals surface area (Å²) in [7, 11) is 0. The molecule has 0 spiro atoms. The molecule has 29 heavy (non-hydrogen) atoms. The van der Waals surface area contributed by atoms with Gasteiger partial charge in [-0.2, -0.15) is 5.10 Å². The number of amides is 1.